The quantitative estimate of drug-likeness (QED) is 0.582. The molecule has 0 aliphatic rings. The largest absolute Gasteiger partial charge is 0.463 e. The summed E-state index contributed by atoms with van der Waals surface area (Å²) in [6.07, 6.45) is 0.238. The number of rotatable bonds is 4. The lowest BCUT2D eigenvalue weighted by molar-refractivity contribution is -0.149. The van der Waals surface area contributed by atoms with Crippen LogP contribution in [-0.2, 0) is 14.3 Å². The third-order valence-corrected chi connectivity index (χ3v) is 1.22. The van der Waals surface area contributed by atoms with Crippen molar-refractivity contribution in [2.24, 2.45) is 0 Å². The molecule has 0 aromatic carbocycles. The lowest BCUT2D eigenvalue weighted by atomic mass is 10.3. The average Bonchev–Trinajstić information content (AvgIpc) is 1.85. The molecule has 0 bridgehead atoms. The predicted octanol–water partition coefficient (Wildman–Crippen LogP) is 1.36. The summed E-state index contributed by atoms with van der Waals surface area (Å²) in [5, 5.41) is 0. The third kappa shape index (κ3) is 5.85. The Morgan fingerprint density at radius 2 is 1.91 bits per heavy atom. The molecule has 1 atom stereocenters. The van der Waals surface area contributed by atoms with Gasteiger partial charge in [0.15, 0.2) is 0 Å². The summed E-state index contributed by atoms with van der Waals surface area (Å²) in [6.45, 7) is 5.49. The number of hydrogen-bond donors (Lipinski definition) is 0. The van der Waals surface area contributed by atoms with Crippen LogP contribution in [0.5, 0.6) is 0 Å². The SMILES string of the molecule is COC(C)CC(=O)OC(C)C. The van der Waals surface area contributed by atoms with Crippen molar-refractivity contribution in [2.75, 3.05) is 7.11 Å². The van der Waals surface area contributed by atoms with E-state index in [1.807, 2.05) is 20.8 Å². The molecule has 0 aliphatic carbocycles. The summed E-state index contributed by atoms with van der Waals surface area (Å²) in [6, 6.07) is 0. The molecule has 0 N–H and O–H groups in total. The second-order valence-corrected chi connectivity index (χ2v) is 2.79. The highest BCUT2D eigenvalue weighted by Gasteiger charge is 2.09. The van der Waals surface area contributed by atoms with Crippen molar-refractivity contribution < 1.29 is 14.3 Å². The number of hydrogen-bond acceptors (Lipinski definition) is 3. The van der Waals surface area contributed by atoms with E-state index in [0.29, 0.717) is 6.42 Å². The van der Waals surface area contributed by atoms with Crippen molar-refractivity contribution >= 4 is 5.97 Å². The summed E-state index contributed by atoms with van der Waals surface area (Å²) in [4.78, 5) is 10.9. The molecular formula is C8H16O3. The van der Waals surface area contributed by atoms with E-state index < -0.39 is 0 Å². The number of esters is 1. The molecule has 0 aliphatic heterocycles. The molecule has 0 saturated heterocycles. The van der Waals surface area contributed by atoms with E-state index in [-0.39, 0.29) is 18.2 Å². The van der Waals surface area contributed by atoms with E-state index in [0.717, 1.165) is 0 Å². The van der Waals surface area contributed by atoms with Gasteiger partial charge in [0.25, 0.3) is 0 Å². The van der Waals surface area contributed by atoms with Crippen LogP contribution in [0.3, 0.4) is 0 Å². The summed E-state index contributed by atoms with van der Waals surface area (Å²) in [7, 11) is 1.58. The fourth-order valence-electron chi connectivity index (χ4n) is 0.629. The van der Waals surface area contributed by atoms with Gasteiger partial charge in [-0.3, -0.25) is 4.79 Å². The molecule has 0 aromatic heterocycles. The van der Waals surface area contributed by atoms with Crippen molar-refractivity contribution in [1.29, 1.82) is 0 Å². The predicted molar refractivity (Wildman–Crippen MR) is 42.3 cm³/mol. The van der Waals surface area contributed by atoms with E-state index in [9.17, 15) is 4.79 Å². The average molecular weight is 160 g/mol. The Morgan fingerprint density at radius 3 is 2.27 bits per heavy atom. The molecule has 0 radical (unpaired) electrons. The summed E-state index contributed by atoms with van der Waals surface area (Å²) in [5.74, 6) is -0.200. The molecule has 0 heterocycles. The Hall–Kier alpha value is -0.570. The maximum Gasteiger partial charge on any atom is 0.308 e. The minimum absolute atomic E-state index is 0.0356. The topological polar surface area (TPSA) is 35.5 Å². The first-order valence-electron chi connectivity index (χ1n) is 3.78. The molecule has 0 fully saturated rings. The van der Waals surface area contributed by atoms with Crippen LogP contribution in [0.2, 0.25) is 0 Å². The van der Waals surface area contributed by atoms with E-state index >= 15 is 0 Å². The maximum absolute atomic E-state index is 10.9. The van der Waals surface area contributed by atoms with Crippen LogP contribution in [0.1, 0.15) is 27.2 Å². The Bertz CT molecular complexity index is 121. The van der Waals surface area contributed by atoms with Gasteiger partial charge in [0.1, 0.15) is 0 Å². The Labute approximate surface area is 67.7 Å². The first-order valence-corrected chi connectivity index (χ1v) is 3.78. The first-order chi connectivity index (χ1) is 5.06. The number of carbonyl (C=O) groups is 1. The lowest BCUT2D eigenvalue weighted by Crippen LogP contribution is -2.17. The second-order valence-electron chi connectivity index (χ2n) is 2.79. The van der Waals surface area contributed by atoms with Crippen LogP contribution >= 0.6 is 0 Å². The highest BCUT2D eigenvalue weighted by molar-refractivity contribution is 5.70. The molecule has 3 heteroatoms. The second kappa shape index (κ2) is 5.13. The minimum atomic E-state index is -0.200. The Balaban J connectivity index is 3.52. The van der Waals surface area contributed by atoms with Crippen molar-refractivity contribution in [3.63, 3.8) is 0 Å². The van der Waals surface area contributed by atoms with Crippen LogP contribution in [0, 0.1) is 0 Å². The summed E-state index contributed by atoms with van der Waals surface area (Å²) in [5.41, 5.74) is 0. The standard InChI is InChI=1S/C8H16O3/c1-6(2)11-8(9)5-7(3)10-4/h6-7H,5H2,1-4H3. The zero-order valence-corrected chi connectivity index (χ0v) is 7.59. The molecule has 1 unspecified atom stereocenters. The number of methoxy groups -OCH3 is 1. The van der Waals surface area contributed by atoms with Gasteiger partial charge in [0.2, 0.25) is 0 Å². The van der Waals surface area contributed by atoms with E-state index in [4.69, 9.17) is 9.47 Å². The molecule has 0 amide bonds. The van der Waals surface area contributed by atoms with Gasteiger partial charge in [0.05, 0.1) is 18.6 Å². The molecule has 3 nitrogen and oxygen atoms in total. The highest BCUT2D eigenvalue weighted by Crippen LogP contribution is 1.99. The lowest BCUT2D eigenvalue weighted by Gasteiger charge is -2.10. The molecule has 66 valence electrons. The Morgan fingerprint density at radius 1 is 1.36 bits per heavy atom. The normalized spacial score (nSPS) is 13.2. The maximum atomic E-state index is 10.9. The Kier molecular flexibility index (Phi) is 4.86. The molecule has 0 aromatic rings. The smallest absolute Gasteiger partial charge is 0.308 e. The van der Waals surface area contributed by atoms with Gasteiger partial charge in [-0.2, -0.15) is 0 Å². The van der Waals surface area contributed by atoms with Crippen LogP contribution in [0.4, 0.5) is 0 Å². The summed E-state index contributed by atoms with van der Waals surface area (Å²) < 4.78 is 9.81. The van der Waals surface area contributed by atoms with Crippen molar-refractivity contribution in [3.8, 4) is 0 Å². The number of carbonyl (C=O) groups excluding carboxylic acids is 1. The molecular weight excluding hydrogens is 144 g/mol. The van der Waals surface area contributed by atoms with Crippen LogP contribution in [0.15, 0.2) is 0 Å². The van der Waals surface area contributed by atoms with Gasteiger partial charge in [-0.05, 0) is 20.8 Å². The molecule has 11 heavy (non-hydrogen) atoms. The first kappa shape index (κ1) is 10.4. The monoisotopic (exact) mass is 160 g/mol. The molecule has 0 spiro atoms. The van der Waals surface area contributed by atoms with Crippen molar-refractivity contribution in [3.05, 3.63) is 0 Å². The van der Waals surface area contributed by atoms with Gasteiger partial charge in [-0.15, -0.1) is 0 Å². The molecule has 0 saturated carbocycles. The van der Waals surface area contributed by atoms with Crippen LogP contribution in [-0.4, -0.2) is 25.3 Å². The fraction of sp³-hybridized carbons (Fsp3) is 0.875. The minimum Gasteiger partial charge on any atom is -0.463 e. The van der Waals surface area contributed by atoms with Gasteiger partial charge in [0, 0.05) is 7.11 Å². The summed E-state index contributed by atoms with van der Waals surface area (Å²) >= 11 is 0. The van der Waals surface area contributed by atoms with Crippen molar-refractivity contribution in [1.82, 2.24) is 0 Å². The third-order valence-electron chi connectivity index (χ3n) is 1.22. The van der Waals surface area contributed by atoms with E-state index in [2.05, 4.69) is 0 Å². The van der Waals surface area contributed by atoms with Gasteiger partial charge in [-0.1, -0.05) is 0 Å². The zero-order chi connectivity index (χ0) is 8.85. The van der Waals surface area contributed by atoms with Gasteiger partial charge < -0.3 is 9.47 Å². The van der Waals surface area contributed by atoms with Crippen LogP contribution in [0.25, 0.3) is 0 Å². The number of ether oxygens (including phenoxy) is 2. The fourth-order valence-corrected chi connectivity index (χ4v) is 0.629. The van der Waals surface area contributed by atoms with Crippen LogP contribution < -0.4 is 0 Å². The van der Waals surface area contributed by atoms with Crippen molar-refractivity contribution in [2.45, 2.75) is 39.4 Å². The zero-order valence-electron chi connectivity index (χ0n) is 7.59. The van der Waals surface area contributed by atoms with E-state index in [1.54, 1.807) is 7.11 Å². The van der Waals surface area contributed by atoms with E-state index in [1.165, 1.54) is 0 Å². The highest BCUT2D eigenvalue weighted by atomic mass is 16.5. The van der Waals surface area contributed by atoms with Gasteiger partial charge >= 0.3 is 5.97 Å². The van der Waals surface area contributed by atoms with Gasteiger partial charge in [-0.25, -0.2) is 0 Å². The molecule has 0 rings (SSSR count).